The first-order valence-electron chi connectivity index (χ1n) is 6.16. The van der Waals surface area contributed by atoms with Gasteiger partial charge in [0.1, 0.15) is 5.82 Å². The van der Waals surface area contributed by atoms with E-state index in [1.54, 1.807) is 13.0 Å². The van der Waals surface area contributed by atoms with Crippen LogP contribution in [0.15, 0.2) is 42.5 Å². The fraction of sp³-hybridized carbons (Fsp3) is 0.200. The topological polar surface area (TPSA) is 12.0 Å². The normalized spacial score (nSPS) is 13.0. The quantitative estimate of drug-likeness (QED) is 0.719. The molecule has 0 spiro atoms. The first-order chi connectivity index (χ1) is 9.79. The van der Waals surface area contributed by atoms with E-state index in [1.807, 2.05) is 0 Å². The van der Waals surface area contributed by atoms with Crippen molar-refractivity contribution < 1.29 is 17.6 Å². The van der Waals surface area contributed by atoms with Crippen LogP contribution < -0.4 is 5.32 Å². The molecule has 1 nitrogen and oxygen atoms in total. The molecule has 21 heavy (non-hydrogen) atoms. The molecule has 0 saturated heterocycles. The minimum atomic E-state index is -4.41. The highest BCUT2D eigenvalue weighted by molar-refractivity contribution is 6.33. The van der Waals surface area contributed by atoms with Gasteiger partial charge in [0.25, 0.3) is 0 Å². The van der Waals surface area contributed by atoms with Crippen molar-refractivity contribution in [3.8, 4) is 0 Å². The minimum Gasteiger partial charge on any atom is -0.375 e. The van der Waals surface area contributed by atoms with Crippen LogP contribution in [0.5, 0.6) is 0 Å². The predicted molar refractivity (Wildman–Crippen MR) is 74.9 cm³/mol. The molecule has 2 rings (SSSR count). The molecule has 6 heteroatoms. The number of rotatable bonds is 3. The number of para-hydroxylation sites is 1. The van der Waals surface area contributed by atoms with E-state index >= 15 is 0 Å². The lowest BCUT2D eigenvalue weighted by Gasteiger charge is -2.18. The van der Waals surface area contributed by atoms with E-state index in [0.717, 1.165) is 12.1 Å². The van der Waals surface area contributed by atoms with Crippen LogP contribution in [0.1, 0.15) is 24.1 Å². The zero-order valence-corrected chi connectivity index (χ0v) is 11.8. The molecule has 2 aromatic carbocycles. The molecule has 112 valence electrons. The van der Waals surface area contributed by atoms with Gasteiger partial charge in [0.05, 0.1) is 16.3 Å². The summed E-state index contributed by atoms with van der Waals surface area (Å²) in [6.07, 6.45) is -4.41. The maximum absolute atomic E-state index is 13.7. The molecule has 0 heterocycles. The van der Waals surface area contributed by atoms with E-state index in [1.165, 1.54) is 24.3 Å². The fourth-order valence-electron chi connectivity index (χ4n) is 1.92. The van der Waals surface area contributed by atoms with Gasteiger partial charge in [-0.3, -0.25) is 0 Å². The van der Waals surface area contributed by atoms with Crippen molar-refractivity contribution in [1.82, 2.24) is 0 Å². The van der Waals surface area contributed by atoms with Crippen molar-refractivity contribution in [2.45, 2.75) is 19.1 Å². The largest absolute Gasteiger partial charge is 0.416 e. The lowest BCUT2D eigenvalue weighted by atomic mass is 10.0. The van der Waals surface area contributed by atoms with Crippen molar-refractivity contribution in [2.24, 2.45) is 0 Å². The molecule has 0 bridgehead atoms. The Kier molecular flexibility index (Phi) is 4.42. The predicted octanol–water partition coefficient (Wildman–Crippen LogP) is 5.67. The number of hydrogen-bond donors (Lipinski definition) is 1. The van der Waals surface area contributed by atoms with Gasteiger partial charge in [0.15, 0.2) is 0 Å². The van der Waals surface area contributed by atoms with Crippen LogP contribution in [0.25, 0.3) is 0 Å². The van der Waals surface area contributed by atoms with E-state index in [9.17, 15) is 17.6 Å². The minimum absolute atomic E-state index is 0.0732. The molecule has 1 N–H and O–H groups in total. The Bertz CT molecular complexity index is 620. The van der Waals surface area contributed by atoms with Gasteiger partial charge in [0.2, 0.25) is 0 Å². The molecule has 0 aliphatic rings. The Hall–Kier alpha value is -1.75. The van der Waals surface area contributed by atoms with Gasteiger partial charge in [-0.2, -0.15) is 13.2 Å². The van der Waals surface area contributed by atoms with Crippen LogP contribution in [0.3, 0.4) is 0 Å². The van der Waals surface area contributed by atoms with Crippen LogP contribution in [0.2, 0.25) is 5.02 Å². The Morgan fingerprint density at radius 3 is 2.38 bits per heavy atom. The summed E-state index contributed by atoms with van der Waals surface area (Å²) in [5, 5.41) is 2.97. The van der Waals surface area contributed by atoms with Gasteiger partial charge in [-0.05, 0) is 36.8 Å². The molecule has 0 fully saturated rings. The van der Waals surface area contributed by atoms with Crippen LogP contribution in [-0.2, 0) is 6.18 Å². The summed E-state index contributed by atoms with van der Waals surface area (Å²) in [4.78, 5) is 0. The van der Waals surface area contributed by atoms with Crippen LogP contribution in [0, 0.1) is 5.82 Å². The summed E-state index contributed by atoms with van der Waals surface area (Å²) < 4.78 is 51.7. The van der Waals surface area contributed by atoms with Gasteiger partial charge in [-0.25, -0.2) is 4.39 Å². The summed E-state index contributed by atoms with van der Waals surface area (Å²) in [6.45, 7) is 1.64. The third-order valence-corrected chi connectivity index (χ3v) is 3.35. The molecular formula is C15H12ClF4N. The van der Waals surface area contributed by atoms with Crippen molar-refractivity contribution in [3.63, 3.8) is 0 Å². The van der Waals surface area contributed by atoms with Crippen molar-refractivity contribution in [1.29, 1.82) is 0 Å². The summed E-state index contributed by atoms with van der Waals surface area (Å²) in [6, 6.07) is 8.55. The average molecular weight is 318 g/mol. The Morgan fingerprint density at radius 1 is 1.10 bits per heavy atom. The highest BCUT2D eigenvalue weighted by atomic mass is 35.5. The molecule has 2 aromatic rings. The number of halogens is 5. The second-order valence-electron chi connectivity index (χ2n) is 4.59. The zero-order valence-electron chi connectivity index (χ0n) is 11.0. The van der Waals surface area contributed by atoms with Crippen molar-refractivity contribution in [2.75, 3.05) is 5.32 Å². The Labute approximate surface area is 124 Å². The molecule has 1 atom stereocenters. The van der Waals surface area contributed by atoms with Gasteiger partial charge in [0, 0.05) is 6.04 Å². The molecule has 0 radical (unpaired) electrons. The van der Waals surface area contributed by atoms with Crippen molar-refractivity contribution in [3.05, 3.63) is 64.4 Å². The van der Waals surface area contributed by atoms with Gasteiger partial charge in [-0.15, -0.1) is 0 Å². The number of anilines is 1. The second kappa shape index (κ2) is 5.93. The van der Waals surface area contributed by atoms with E-state index < -0.39 is 23.6 Å². The van der Waals surface area contributed by atoms with Crippen LogP contribution in [-0.4, -0.2) is 0 Å². The summed E-state index contributed by atoms with van der Waals surface area (Å²) >= 11 is 5.88. The standard InChI is InChI=1S/C15H12ClF4N/c1-9(21-14-12(16)6-3-7-13(14)17)10-4-2-5-11(8-10)15(18,19)20/h2-9,21H,1H3. The molecule has 0 aromatic heterocycles. The first-order valence-corrected chi connectivity index (χ1v) is 6.54. The highest BCUT2D eigenvalue weighted by Gasteiger charge is 2.30. The monoisotopic (exact) mass is 317 g/mol. The van der Waals surface area contributed by atoms with Gasteiger partial charge < -0.3 is 5.32 Å². The number of benzene rings is 2. The summed E-state index contributed by atoms with van der Waals surface area (Å²) in [7, 11) is 0. The van der Waals surface area contributed by atoms with E-state index in [2.05, 4.69) is 5.32 Å². The number of hydrogen-bond acceptors (Lipinski definition) is 1. The van der Waals surface area contributed by atoms with Gasteiger partial charge >= 0.3 is 6.18 Å². The molecular weight excluding hydrogens is 306 g/mol. The van der Waals surface area contributed by atoms with Crippen LogP contribution >= 0.6 is 11.6 Å². The van der Waals surface area contributed by atoms with Crippen LogP contribution in [0.4, 0.5) is 23.2 Å². The van der Waals surface area contributed by atoms with Gasteiger partial charge in [-0.1, -0.05) is 29.8 Å². The second-order valence-corrected chi connectivity index (χ2v) is 4.99. The lowest BCUT2D eigenvalue weighted by Crippen LogP contribution is -2.11. The number of nitrogens with one attached hydrogen (secondary N) is 1. The molecule has 0 aliphatic heterocycles. The van der Waals surface area contributed by atoms with E-state index in [0.29, 0.717) is 5.56 Å². The third-order valence-electron chi connectivity index (χ3n) is 3.04. The third kappa shape index (κ3) is 3.67. The Morgan fingerprint density at radius 2 is 1.76 bits per heavy atom. The SMILES string of the molecule is CC(Nc1c(F)cccc1Cl)c1cccc(C(F)(F)F)c1. The molecule has 0 aliphatic carbocycles. The van der Waals surface area contributed by atoms with Crippen molar-refractivity contribution >= 4 is 17.3 Å². The maximum atomic E-state index is 13.7. The molecule has 0 saturated carbocycles. The summed E-state index contributed by atoms with van der Waals surface area (Å²) in [5.74, 6) is -0.554. The fourth-order valence-corrected chi connectivity index (χ4v) is 2.14. The van der Waals surface area contributed by atoms with E-state index in [-0.39, 0.29) is 10.7 Å². The molecule has 0 amide bonds. The lowest BCUT2D eigenvalue weighted by molar-refractivity contribution is -0.137. The van der Waals surface area contributed by atoms with E-state index in [4.69, 9.17) is 11.6 Å². The Balaban J connectivity index is 2.27. The summed E-state index contributed by atoms with van der Waals surface area (Å²) in [5.41, 5.74) is -0.276. The number of alkyl halides is 3. The average Bonchev–Trinajstić information content (AvgIpc) is 2.42. The zero-order chi connectivity index (χ0) is 15.6. The smallest absolute Gasteiger partial charge is 0.375 e. The first kappa shape index (κ1) is 15.6. The highest BCUT2D eigenvalue weighted by Crippen LogP contribution is 2.32. The molecule has 1 unspecified atom stereocenters. The maximum Gasteiger partial charge on any atom is 0.416 e.